The number of hydrogen-bond acceptors (Lipinski definition) is 10. The highest BCUT2D eigenvalue weighted by atomic mass is 16.6. The number of rotatable bonds is 4. The second-order valence-electron chi connectivity index (χ2n) is 6.42. The number of cyclic esters (lactones) is 1. The van der Waals surface area contributed by atoms with Crippen LogP contribution in [0.3, 0.4) is 0 Å². The van der Waals surface area contributed by atoms with E-state index in [2.05, 4.69) is 0 Å². The van der Waals surface area contributed by atoms with Crippen molar-refractivity contribution in [2.24, 2.45) is 5.92 Å². The Hall–Kier alpha value is -0.850. The summed E-state index contributed by atoms with van der Waals surface area (Å²) >= 11 is 0. The summed E-state index contributed by atoms with van der Waals surface area (Å²) in [6.07, 6.45) is -10.7. The molecule has 0 aromatic heterocycles. The summed E-state index contributed by atoms with van der Waals surface area (Å²) < 4.78 is 15.5. The Balaban J connectivity index is 2.36. The van der Waals surface area contributed by atoms with Gasteiger partial charge in [0.1, 0.15) is 36.1 Å². The predicted octanol–water partition coefficient (Wildman–Crippen LogP) is -3.87. The van der Waals surface area contributed by atoms with Gasteiger partial charge in [0.2, 0.25) is 0 Å². The Morgan fingerprint density at radius 3 is 2.25 bits per heavy atom. The lowest BCUT2D eigenvalue weighted by atomic mass is 9.73. The van der Waals surface area contributed by atoms with Crippen LogP contribution in [-0.2, 0) is 19.0 Å². The third-order valence-corrected chi connectivity index (χ3v) is 4.72. The normalized spacial score (nSPS) is 49.8. The molecule has 0 bridgehead atoms. The largest absolute Gasteiger partial charge is 0.454 e. The van der Waals surface area contributed by atoms with Crippen LogP contribution in [0.2, 0.25) is 0 Å². The van der Waals surface area contributed by atoms with E-state index in [0.29, 0.717) is 0 Å². The number of hydrogen-bond donors (Lipinski definition) is 6. The van der Waals surface area contributed by atoms with Crippen molar-refractivity contribution in [3.05, 3.63) is 0 Å². The highest BCUT2D eigenvalue weighted by Crippen LogP contribution is 2.39. The highest BCUT2D eigenvalue weighted by Gasteiger charge is 2.59. The van der Waals surface area contributed by atoms with Crippen molar-refractivity contribution in [1.82, 2.24) is 0 Å². The minimum Gasteiger partial charge on any atom is -0.454 e. The fraction of sp³-hybridized carbons (Fsp3) is 0.929. The number of carbonyl (C=O) groups excluding carboxylic acids is 1. The molecule has 0 spiro atoms. The third-order valence-electron chi connectivity index (χ3n) is 4.72. The quantitative estimate of drug-likeness (QED) is 0.276. The fourth-order valence-corrected chi connectivity index (χ4v) is 3.31. The lowest BCUT2D eigenvalue weighted by molar-refractivity contribution is -0.288. The molecular weight excluding hydrogens is 328 g/mol. The van der Waals surface area contributed by atoms with Gasteiger partial charge in [0.15, 0.2) is 6.10 Å². The molecule has 10 heteroatoms. The zero-order valence-corrected chi connectivity index (χ0v) is 13.3. The second-order valence-corrected chi connectivity index (χ2v) is 6.42. The summed E-state index contributed by atoms with van der Waals surface area (Å²) in [5.74, 6) is -2.37. The van der Waals surface area contributed by atoms with Gasteiger partial charge in [-0.05, 0) is 6.92 Å². The molecule has 140 valence electrons. The number of methoxy groups -OCH3 is 1. The van der Waals surface area contributed by atoms with Crippen LogP contribution in [0.5, 0.6) is 0 Å². The summed E-state index contributed by atoms with van der Waals surface area (Å²) in [5.41, 5.74) is -1.67. The number of esters is 1. The van der Waals surface area contributed by atoms with Gasteiger partial charge in [-0.15, -0.1) is 0 Å². The Morgan fingerprint density at radius 2 is 1.71 bits per heavy atom. The summed E-state index contributed by atoms with van der Waals surface area (Å²) in [5, 5.41) is 59.9. The summed E-state index contributed by atoms with van der Waals surface area (Å²) in [6.45, 7) is 0.485. The average Bonchev–Trinajstić information content (AvgIpc) is 2.55. The van der Waals surface area contributed by atoms with Gasteiger partial charge in [0.25, 0.3) is 0 Å². The van der Waals surface area contributed by atoms with Gasteiger partial charge in [-0.3, -0.25) is 0 Å². The monoisotopic (exact) mass is 352 g/mol. The van der Waals surface area contributed by atoms with Gasteiger partial charge in [-0.2, -0.15) is 0 Å². The molecule has 2 unspecified atom stereocenters. The minimum absolute atomic E-state index is 0.109. The van der Waals surface area contributed by atoms with Crippen LogP contribution in [-0.4, -0.2) is 105 Å². The van der Waals surface area contributed by atoms with Gasteiger partial charge in [0, 0.05) is 7.11 Å². The molecule has 2 heterocycles. The predicted molar refractivity (Wildman–Crippen MR) is 75.6 cm³/mol. The molecule has 2 aliphatic rings. The number of aliphatic hydroxyl groups is 6. The Bertz CT molecular complexity index is 459. The van der Waals surface area contributed by atoms with Gasteiger partial charge in [-0.25, -0.2) is 4.79 Å². The maximum Gasteiger partial charge on any atom is 0.338 e. The third kappa shape index (κ3) is 3.16. The van der Waals surface area contributed by atoms with E-state index >= 15 is 0 Å². The number of carbonyl (C=O) groups is 1. The first kappa shape index (κ1) is 19.5. The van der Waals surface area contributed by atoms with Crippen LogP contribution in [0.4, 0.5) is 0 Å². The van der Waals surface area contributed by atoms with E-state index < -0.39 is 66.8 Å². The first-order valence-corrected chi connectivity index (χ1v) is 7.56. The van der Waals surface area contributed by atoms with E-state index in [1.165, 1.54) is 14.0 Å². The van der Waals surface area contributed by atoms with Gasteiger partial charge in [0.05, 0.1) is 25.2 Å². The van der Waals surface area contributed by atoms with Gasteiger partial charge in [-0.1, -0.05) is 0 Å². The maximum atomic E-state index is 11.6. The van der Waals surface area contributed by atoms with Crippen molar-refractivity contribution in [2.75, 3.05) is 20.3 Å². The first-order valence-electron chi connectivity index (χ1n) is 7.56. The molecule has 0 amide bonds. The Kier molecular flexibility index (Phi) is 5.83. The Labute approximate surface area is 138 Å². The van der Waals surface area contributed by atoms with E-state index in [0.717, 1.165) is 0 Å². The van der Waals surface area contributed by atoms with Crippen LogP contribution in [0.25, 0.3) is 0 Å². The fourth-order valence-electron chi connectivity index (χ4n) is 3.31. The first-order chi connectivity index (χ1) is 11.2. The van der Waals surface area contributed by atoms with Crippen molar-refractivity contribution in [1.29, 1.82) is 0 Å². The molecule has 10 nitrogen and oxygen atoms in total. The zero-order valence-electron chi connectivity index (χ0n) is 13.3. The molecule has 0 aromatic rings. The van der Waals surface area contributed by atoms with Crippen molar-refractivity contribution in [2.45, 2.75) is 55.3 Å². The van der Waals surface area contributed by atoms with Crippen molar-refractivity contribution >= 4 is 5.97 Å². The van der Waals surface area contributed by atoms with Crippen LogP contribution >= 0.6 is 0 Å². The van der Waals surface area contributed by atoms with Crippen LogP contribution in [0.1, 0.15) is 6.92 Å². The molecule has 9 atom stereocenters. The maximum absolute atomic E-state index is 11.6. The molecule has 6 N–H and O–H groups in total. The van der Waals surface area contributed by atoms with E-state index in [1.807, 2.05) is 0 Å². The van der Waals surface area contributed by atoms with E-state index in [4.69, 9.17) is 14.2 Å². The lowest BCUT2D eigenvalue weighted by Gasteiger charge is -2.51. The summed E-state index contributed by atoms with van der Waals surface area (Å²) in [4.78, 5) is 11.6. The van der Waals surface area contributed by atoms with Gasteiger partial charge >= 0.3 is 5.97 Å². The lowest BCUT2D eigenvalue weighted by Crippen LogP contribution is -2.69. The molecule has 0 radical (unpaired) electrons. The SMILES string of the molecule is COC[C@H]1OC([C@H]2[C@H](O)[C@@H](O)C(=O)O[C@]2(C)CO)[C@H](O)[C@@H](O)C1O. The minimum atomic E-state index is -1.89. The molecule has 24 heavy (non-hydrogen) atoms. The number of aliphatic hydroxyl groups excluding tert-OH is 6. The Morgan fingerprint density at radius 1 is 1.08 bits per heavy atom. The standard InChI is InChI=1S/C14H24O10/c1-14(4-15)6(8(17)11(20)13(21)24-14)12-10(19)9(18)7(16)5(23-12)3-22-2/h5-12,15-20H,3-4H2,1-2H3/t5-,6-,7?,8+,9+,10-,11-,12?,14-/m1/s1. The molecular formula is C14H24O10. The second kappa shape index (κ2) is 7.18. The molecule has 2 saturated heterocycles. The van der Waals surface area contributed by atoms with E-state index in [1.54, 1.807) is 0 Å². The molecule has 2 aliphatic heterocycles. The molecule has 2 fully saturated rings. The summed E-state index contributed by atoms with van der Waals surface area (Å²) in [6, 6.07) is 0. The highest BCUT2D eigenvalue weighted by molar-refractivity contribution is 5.76. The van der Waals surface area contributed by atoms with Crippen molar-refractivity contribution in [3.8, 4) is 0 Å². The van der Waals surface area contributed by atoms with Crippen molar-refractivity contribution in [3.63, 3.8) is 0 Å². The van der Waals surface area contributed by atoms with Crippen LogP contribution in [0, 0.1) is 5.92 Å². The van der Waals surface area contributed by atoms with Gasteiger partial charge < -0.3 is 44.8 Å². The van der Waals surface area contributed by atoms with Crippen LogP contribution < -0.4 is 0 Å². The zero-order chi connectivity index (χ0) is 18.2. The molecule has 2 rings (SSSR count). The van der Waals surface area contributed by atoms with E-state index in [-0.39, 0.29) is 6.61 Å². The van der Waals surface area contributed by atoms with Crippen molar-refractivity contribution < 1.29 is 49.6 Å². The number of ether oxygens (including phenoxy) is 3. The van der Waals surface area contributed by atoms with Crippen LogP contribution in [0.15, 0.2) is 0 Å². The molecule has 0 aromatic carbocycles. The molecule has 0 aliphatic carbocycles. The average molecular weight is 352 g/mol. The summed E-state index contributed by atoms with van der Waals surface area (Å²) in [7, 11) is 1.35. The topological polar surface area (TPSA) is 166 Å². The van der Waals surface area contributed by atoms with E-state index in [9.17, 15) is 35.4 Å². The smallest absolute Gasteiger partial charge is 0.338 e. The molecule has 0 saturated carbocycles.